The second-order valence-corrected chi connectivity index (χ2v) is 11.0. The van der Waals surface area contributed by atoms with Gasteiger partial charge in [0.1, 0.15) is 24.2 Å². The van der Waals surface area contributed by atoms with E-state index in [9.17, 15) is 18.6 Å². The van der Waals surface area contributed by atoms with Gasteiger partial charge in [0.2, 0.25) is 0 Å². The summed E-state index contributed by atoms with van der Waals surface area (Å²) in [6.07, 6.45) is 4.55. The summed E-state index contributed by atoms with van der Waals surface area (Å²) in [7, 11) is -2.04. The summed E-state index contributed by atoms with van der Waals surface area (Å²) >= 11 is 0. The molecule has 1 aliphatic heterocycles. The molecule has 11 heteroatoms. The number of piperidine rings is 1. The minimum absolute atomic E-state index is 0.0507. The molecule has 3 aromatic rings. The fraction of sp³-hybridized carbons (Fsp3) is 0.423. The smallest absolute Gasteiger partial charge is 0.283 e. The lowest BCUT2D eigenvalue weighted by Crippen LogP contribution is -2.46. The van der Waals surface area contributed by atoms with Gasteiger partial charge in [-0.1, -0.05) is 12.1 Å². The van der Waals surface area contributed by atoms with Crippen molar-refractivity contribution in [2.75, 3.05) is 37.1 Å². The molecular weight excluding hydrogens is 494 g/mol. The summed E-state index contributed by atoms with van der Waals surface area (Å²) in [5.41, 5.74) is 1.70. The van der Waals surface area contributed by atoms with Crippen LogP contribution in [-0.4, -0.2) is 73.1 Å². The zero-order valence-corrected chi connectivity index (χ0v) is 21.8. The van der Waals surface area contributed by atoms with Crippen LogP contribution in [0.4, 0.5) is 5.69 Å². The normalized spacial score (nSPS) is 15.4. The number of aryl methyl sites for hydroxylation is 1. The fourth-order valence-corrected chi connectivity index (χ4v) is 6.00. The Kier molecular flexibility index (Phi) is 9.04. The molecule has 1 fully saturated rings. The number of hydrogen-bond donors (Lipinski definition) is 4. The van der Waals surface area contributed by atoms with Crippen LogP contribution in [0, 0.1) is 0 Å². The van der Waals surface area contributed by atoms with Gasteiger partial charge in [0.25, 0.3) is 10.0 Å². The van der Waals surface area contributed by atoms with Crippen LogP contribution in [0.2, 0.25) is 0 Å². The Labute approximate surface area is 218 Å². The molecule has 10 nitrogen and oxygen atoms in total. The largest absolute Gasteiger partial charge is 0.508 e. The van der Waals surface area contributed by atoms with Gasteiger partial charge in [-0.15, -0.1) is 0 Å². The van der Waals surface area contributed by atoms with Crippen molar-refractivity contribution in [1.82, 2.24) is 20.2 Å². The van der Waals surface area contributed by atoms with Crippen LogP contribution >= 0.6 is 0 Å². The average molecular weight is 530 g/mol. The van der Waals surface area contributed by atoms with E-state index in [0.29, 0.717) is 24.5 Å². The first-order chi connectivity index (χ1) is 17.8. The van der Waals surface area contributed by atoms with Crippen LogP contribution in [0.5, 0.6) is 11.5 Å². The van der Waals surface area contributed by atoms with Gasteiger partial charge in [-0.25, -0.2) is 4.98 Å². The molecule has 1 saturated heterocycles. The molecule has 0 saturated carbocycles. The van der Waals surface area contributed by atoms with Crippen molar-refractivity contribution in [3.05, 3.63) is 66.6 Å². The topological polar surface area (TPSA) is 129 Å². The third-order valence-corrected chi connectivity index (χ3v) is 8.05. The van der Waals surface area contributed by atoms with Crippen molar-refractivity contribution in [2.24, 2.45) is 7.05 Å². The molecule has 2 aromatic carbocycles. The number of rotatable bonds is 12. The van der Waals surface area contributed by atoms with Crippen molar-refractivity contribution in [3.8, 4) is 11.5 Å². The number of aliphatic hydroxyl groups excluding tert-OH is 1. The molecule has 0 unspecified atom stereocenters. The lowest BCUT2D eigenvalue weighted by Gasteiger charge is -2.35. The highest BCUT2D eigenvalue weighted by Crippen LogP contribution is 2.29. The number of nitrogens with one attached hydrogen (secondary N) is 2. The second-order valence-electron chi connectivity index (χ2n) is 9.24. The molecule has 0 bridgehead atoms. The fourth-order valence-electron chi connectivity index (χ4n) is 4.31. The van der Waals surface area contributed by atoms with Crippen LogP contribution in [0.25, 0.3) is 0 Å². The quantitative estimate of drug-likeness (QED) is 0.261. The van der Waals surface area contributed by atoms with Gasteiger partial charge in [-0.2, -0.15) is 8.42 Å². The van der Waals surface area contributed by atoms with Gasteiger partial charge >= 0.3 is 0 Å². The SMILES string of the molecule is Cn1cnc(S(=O)(=O)N(c2ccc(CCNC[C@H](O)COc3ccc(O)cc3)cc2)C2CCNCC2)c1. The number of aromatic nitrogens is 2. The molecule has 0 amide bonds. The Morgan fingerprint density at radius 1 is 1.16 bits per heavy atom. The number of phenolic OH excluding ortho intramolecular Hbond substituents is 1. The van der Waals surface area contributed by atoms with E-state index in [1.165, 1.54) is 29.0 Å². The number of phenols is 1. The van der Waals surface area contributed by atoms with Crippen LogP contribution in [0.1, 0.15) is 18.4 Å². The number of hydrogen-bond acceptors (Lipinski definition) is 8. The number of benzene rings is 2. The second kappa shape index (κ2) is 12.4. The molecular formula is C26H35N5O5S. The summed E-state index contributed by atoms with van der Waals surface area (Å²) in [5.74, 6) is 0.747. The molecule has 1 aromatic heterocycles. The first kappa shape index (κ1) is 26.9. The van der Waals surface area contributed by atoms with Crippen molar-refractivity contribution in [1.29, 1.82) is 0 Å². The Bertz CT molecular complexity index is 1230. The summed E-state index contributed by atoms with van der Waals surface area (Å²) in [6, 6.07) is 13.8. The maximum atomic E-state index is 13.5. The highest BCUT2D eigenvalue weighted by atomic mass is 32.2. The van der Waals surface area contributed by atoms with E-state index in [2.05, 4.69) is 15.6 Å². The number of imidazole rings is 1. The summed E-state index contributed by atoms with van der Waals surface area (Å²) in [6.45, 7) is 2.72. The van der Waals surface area contributed by atoms with E-state index < -0.39 is 16.1 Å². The Morgan fingerprint density at radius 3 is 2.51 bits per heavy atom. The first-order valence-electron chi connectivity index (χ1n) is 12.5. The van der Waals surface area contributed by atoms with Crippen LogP contribution in [0.3, 0.4) is 0 Å². The Hall–Kier alpha value is -3.12. The van der Waals surface area contributed by atoms with Crippen molar-refractivity contribution < 1.29 is 23.4 Å². The number of ether oxygens (including phenoxy) is 1. The van der Waals surface area contributed by atoms with E-state index in [1.807, 2.05) is 24.3 Å². The molecule has 4 N–H and O–H groups in total. The molecule has 0 aliphatic carbocycles. The van der Waals surface area contributed by atoms with E-state index in [1.54, 1.807) is 23.7 Å². The van der Waals surface area contributed by atoms with Gasteiger partial charge in [-0.05, 0) is 80.9 Å². The Morgan fingerprint density at radius 2 is 1.86 bits per heavy atom. The van der Waals surface area contributed by atoms with E-state index in [-0.39, 0.29) is 23.4 Å². The highest BCUT2D eigenvalue weighted by molar-refractivity contribution is 7.92. The van der Waals surface area contributed by atoms with E-state index >= 15 is 0 Å². The van der Waals surface area contributed by atoms with Crippen molar-refractivity contribution in [2.45, 2.75) is 36.4 Å². The van der Waals surface area contributed by atoms with Gasteiger partial charge in [0.15, 0.2) is 5.03 Å². The van der Waals surface area contributed by atoms with Crippen LogP contribution in [-0.2, 0) is 23.5 Å². The average Bonchev–Trinajstić information content (AvgIpc) is 3.35. The molecule has 2 heterocycles. The third-order valence-electron chi connectivity index (χ3n) is 6.29. The summed E-state index contributed by atoms with van der Waals surface area (Å²) < 4.78 is 35.8. The van der Waals surface area contributed by atoms with Gasteiger partial charge in [0.05, 0.1) is 12.0 Å². The predicted octanol–water partition coefficient (Wildman–Crippen LogP) is 1.64. The zero-order chi connectivity index (χ0) is 26.3. The van der Waals surface area contributed by atoms with Crippen LogP contribution < -0.4 is 19.7 Å². The predicted molar refractivity (Wildman–Crippen MR) is 141 cm³/mol. The highest BCUT2D eigenvalue weighted by Gasteiger charge is 2.34. The van der Waals surface area contributed by atoms with E-state index in [0.717, 1.165) is 37.9 Å². The molecule has 0 spiro atoms. The van der Waals surface area contributed by atoms with Crippen molar-refractivity contribution in [3.63, 3.8) is 0 Å². The molecule has 1 aliphatic rings. The summed E-state index contributed by atoms with van der Waals surface area (Å²) in [5, 5.41) is 26.0. The zero-order valence-electron chi connectivity index (χ0n) is 21.0. The number of aliphatic hydroxyl groups is 1. The monoisotopic (exact) mass is 529 g/mol. The standard InChI is InChI=1S/C26H35N5O5S/c1-30-17-26(29-19-30)37(34,35)31(22-11-14-27-15-12-22)21-4-2-20(3-5-21)10-13-28-16-24(33)18-36-25-8-6-23(32)7-9-25/h2-9,17,19,22,24,27-28,32-33H,10-16,18H2,1H3/t24-/m0/s1. The third kappa shape index (κ3) is 7.22. The maximum absolute atomic E-state index is 13.5. The Balaban J connectivity index is 1.32. The van der Waals surface area contributed by atoms with Gasteiger partial charge in [0, 0.05) is 25.8 Å². The molecule has 4 rings (SSSR count). The lowest BCUT2D eigenvalue weighted by atomic mass is 10.1. The van der Waals surface area contributed by atoms with Crippen LogP contribution in [0.15, 0.2) is 66.1 Å². The number of anilines is 1. The minimum atomic E-state index is -3.79. The lowest BCUT2D eigenvalue weighted by molar-refractivity contribution is 0.106. The summed E-state index contributed by atoms with van der Waals surface area (Å²) in [4.78, 5) is 4.11. The number of aromatic hydroxyl groups is 1. The molecule has 200 valence electrons. The molecule has 0 radical (unpaired) electrons. The first-order valence-corrected chi connectivity index (χ1v) is 13.9. The number of nitrogens with zero attached hydrogens (tertiary/aromatic N) is 3. The van der Waals surface area contributed by atoms with Gasteiger partial charge in [-0.3, -0.25) is 4.31 Å². The molecule has 1 atom stereocenters. The number of sulfonamides is 1. The van der Waals surface area contributed by atoms with Crippen molar-refractivity contribution >= 4 is 15.7 Å². The maximum Gasteiger partial charge on any atom is 0.283 e. The van der Waals surface area contributed by atoms with Gasteiger partial charge < -0.3 is 30.2 Å². The minimum Gasteiger partial charge on any atom is -0.508 e. The molecule has 37 heavy (non-hydrogen) atoms. The van der Waals surface area contributed by atoms with E-state index in [4.69, 9.17) is 4.74 Å².